The largest absolute Gasteiger partial charge is 0.349 e. The topological polar surface area (TPSA) is 29.1 Å². The maximum atomic E-state index is 13.3. The van der Waals surface area contributed by atoms with Gasteiger partial charge in [-0.25, -0.2) is 4.39 Å². The normalized spacial score (nSPS) is 12.2. The Morgan fingerprint density at radius 3 is 2.76 bits per heavy atom. The Balaban J connectivity index is 2.72. The predicted molar refractivity (Wildman–Crippen MR) is 74.1 cm³/mol. The van der Waals surface area contributed by atoms with Gasteiger partial charge in [-0.2, -0.15) is 0 Å². The van der Waals surface area contributed by atoms with Crippen molar-refractivity contribution in [3.05, 3.63) is 34.1 Å². The molecule has 0 radical (unpaired) electrons. The summed E-state index contributed by atoms with van der Waals surface area (Å²) in [5, 5.41) is 3.71. The van der Waals surface area contributed by atoms with Crippen molar-refractivity contribution < 1.29 is 9.18 Å². The van der Waals surface area contributed by atoms with Gasteiger partial charge >= 0.3 is 0 Å². The highest BCUT2D eigenvalue weighted by Crippen LogP contribution is 2.16. The van der Waals surface area contributed by atoms with E-state index in [-0.39, 0.29) is 11.9 Å². The summed E-state index contributed by atoms with van der Waals surface area (Å²) in [6, 6.07) is 4.49. The number of rotatable bonds is 5. The summed E-state index contributed by atoms with van der Waals surface area (Å²) in [6.07, 6.45) is 1.72. The van der Waals surface area contributed by atoms with E-state index in [0.29, 0.717) is 10.0 Å². The summed E-state index contributed by atoms with van der Waals surface area (Å²) >= 11 is 6.40. The fourth-order valence-electron chi connectivity index (χ4n) is 1.42. The van der Waals surface area contributed by atoms with Gasteiger partial charge in [-0.1, -0.05) is 22.9 Å². The Labute approximate surface area is 117 Å². The first-order valence-corrected chi connectivity index (χ1v) is 7.31. The third-order valence-corrected chi connectivity index (χ3v) is 3.57. The molecule has 0 aliphatic rings. The van der Waals surface area contributed by atoms with Crippen LogP contribution in [0.1, 0.15) is 30.1 Å². The SMILES string of the molecule is CCC(CCBr)NC(=O)c1ccc(Br)c(F)c1. The van der Waals surface area contributed by atoms with Crippen LogP contribution in [0, 0.1) is 5.82 Å². The molecule has 17 heavy (non-hydrogen) atoms. The van der Waals surface area contributed by atoms with E-state index in [2.05, 4.69) is 37.2 Å². The van der Waals surface area contributed by atoms with Crippen LogP contribution in [-0.4, -0.2) is 17.3 Å². The van der Waals surface area contributed by atoms with Gasteiger partial charge in [0.25, 0.3) is 5.91 Å². The molecule has 0 aliphatic heterocycles. The highest BCUT2D eigenvalue weighted by atomic mass is 79.9. The van der Waals surface area contributed by atoms with E-state index in [1.165, 1.54) is 12.1 Å². The smallest absolute Gasteiger partial charge is 0.251 e. The average Bonchev–Trinajstić information content (AvgIpc) is 2.31. The number of carbonyl (C=O) groups excluding carboxylic acids is 1. The van der Waals surface area contributed by atoms with Crippen LogP contribution in [0.5, 0.6) is 0 Å². The number of amides is 1. The zero-order valence-electron chi connectivity index (χ0n) is 9.47. The molecule has 1 N–H and O–H groups in total. The van der Waals surface area contributed by atoms with Crippen molar-refractivity contribution in [2.45, 2.75) is 25.8 Å². The summed E-state index contributed by atoms with van der Waals surface area (Å²) in [7, 11) is 0. The van der Waals surface area contributed by atoms with Crippen LogP contribution in [0.2, 0.25) is 0 Å². The van der Waals surface area contributed by atoms with Crippen LogP contribution in [0.3, 0.4) is 0 Å². The number of hydrogen-bond acceptors (Lipinski definition) is 1. The van der Waals surface area contributed by atoms with Crippen LogP contribution in [0.25, 0.3) is 0 Å². The maximum Gasteiger partial charge on any atom is 0.251 e. The number of hydrogen-bond donors (Lipinski definition) is 1. The van der Waals surface area contributed by atoms with E-state index in [1.54, 1.807) is 6.07 Å². The Bertz CT molecular complexity index is 398. The van der Waals surface area contributed by atoms with Gasteiger partial charge in [-0.3, -0.25) is 4.79 Å². The molecule has 0 saturated heterocycles. The minimum absolute atomic E-state index is 0.119. The van der Waals surface area contributed by atoms with E-state index < -0.39 is 5.82 Å². The van der Waals surface area contributed by atoms with Gasteiger partial charge in [0.15, 0.2) is 0 Å². The van der Waals surface area contributed by atoms with Crippen molar-refractivity contribution in [1.82, 2.24) is 5.32 Å². The lowest BCUT2D eigenvalue weighted by molar-refractivity contribution is 0.0934. The first kappa shape index (κ1) is 14.6. The lowest BCUT2D eigenvalue weighted by Gasteiger charge is -2.15. The van der Waals surface area contributed by atoms with Crippen molar-refractivity contribution in [1.29, 1.82) is 0 Å². The van der Waals surface area contributed by atoms with E-state index in [1.807, 2.05) is 6.92 Å². The second-order valence-electron chi connectivity index (χ2n) is 3.69. The van der Waals surface area contributed by atoms with Crippen molar-refractivity contribution in [2.24, 2.45) is 0 Å². The molecule has 0 bridgehead atoms. The lowest BCUT2D eigenvalue weighted by atomic mass is 10.1. The van der Waals surface area contributed by atoms with E-state index >= 15 is 0 Å². The predicted octanol–water partition coefficient (Wildman–Crippen LogP) is 3.88. The standard InChI is InChI=1S/C12H14Br2FNO/c1-2-9(5-6-13)16-12(17)8-3-4-10(14)11(15)7-8/h3-4,7,9H,2,5-6H2,1H3,(H,16,17). The first-order chi connectivity index (χ1) is 8.08. The third-order valence-electron chi connectivity index (χ3n) is 2.47. The molecule has 0 saturated carbocycles. The molecule has 5 heteroatoms. The molecule has 1 rings (SSSR count). The van der Waals surface area contributed by atoms with Crippen LogP contribution in [-0.2, 0) is 0 Å². The highest BCUT2D eigenvalue weighted by Gasteiger charge is 2.12. The molecule has 1 aromatic carbocycles. The van der Waals surface area contributed by atoms with Crippen LogP contribution in [0.4, 0.5) is 4.39 Å². The average molecular weight is 367 g/mol. The molecule has 1 aromatic rings. The second-order valence-corrected chi connectivity index (χ2v) is 5.33. The van der Waals surface area contributed by atoms with Gasteiger partial charge in [0.1, 0.15) is 5.82 Å². The van der Waals surface area contributed by atoms with Gasteiger partial charge in [0.05, 0.1) is 4.47 Å². The fraction of sp³-hybridized carbons (Fsp3) is 0.417. The second kappa shape index (κ2) is 7.11. The van der Waals surface area contributed by atoms with E-state index in [0.717, 1.165) is 18.2 Å². The van der Waals surface area contributed by atoms with Crippen molar-refractivity contribution >= 4 is 37.8 Å². The van der Waals surface area contributed by atoms with Crippen LogP contribution >= 0.6 is 31.9 Å². The van der Waals surface area contributed by atoms with Gasteiger partial charge in [0, 0.05) is 16.9 Å². The summed E-state index contributed by atoms with van der Waals surface area (Å²) in [5.41, 5.74) is 0.346. The minimum atomic E-state index is -0.425. The molecule has 94 valence electrons. The number of nitrogens with one attached hydrogen (secondary N) is 1. The third kappa shape index (κ3) is 4.39. The summed E-state index contributed by atoms with van der Waals surface area (Å²) in [5.74, 6) is -0.657. The van der Waals surface area contributed by atoms with Gasteiger partial charge in [0.2, 0.25) is 0 Å². The molecular formula is C12H14Br2FNO. The Hall–Kier alpha value is -0.420. The molecule has 1 unspecified atom stereocenters. The first-order valence-electron chi connectivity index (χ1n) is 5.40. The monoisotopic (exact) mass is 365 g/mol. The van der Waals surface area contributed by atoms with E-state index in [9.17, 15) is 9.18 Å². The Morgan fingerprint density at radius 2 is 2.24 bits per heavy atom. The minimum Gasteiger partial charge on any atom is -0.349 e. The summed E-state index contributed by atoms with van der Waals surface area (Å²) in [4.78, 5) is 11.8. The van der Waals surface area contributed by atoms with Gasteiger partial charge in [-0.05, 0) is 47.0 Å². The molecule has 1 atom stereocenters. The lowest BCUT2D eigenvalue weighted by Crippen LogP contribution is -2.34. The maximum absolute atomic E-state index is 13.3. The number of carbonyl (C=O) groups is 1. The van der Waals surface area contributed by atoms with Gasteiger partial charge < -0.3 is 5.32 Å². The van der Waals surface area contributed by atoms with Crippen molar-refractivity contribution in [3.8, 4) is 0 Å². The van der Waals surface area contributed by atoms with Crippen LogP contribution in [0.15, 0.2) is 22.7 Å². The highest BCUT2D eigenvalue weighted by molar-refractivity contribution is 9.10. The molecular weight excluding hydrogens is 353 g/mol. The molecule has 0 fully saturated rings. The van der Waals surface area contributed by atoms with Crippen molar-refractivity contribution in [3.63, 3.8) is 0 Å². The number of alkyl halides is 1. The molecule has 1 amide bonds. The van der Waals surface area contributed by atoms with Crippen LogP contribution < -0.4 is 5.32 Å². The quantitative estimate of drug-likeness (QED) is 0.787. The summed E-state index contributed by atoms with van der Waals surface area (Å²) in [6.45, 7) is 2.01. The molecule has 0 heterocycles. The fourth-order valence-corrected chi connectivity index (χ4v) is 2.22. The Kier molecular flexibility index (Phi) is 6.12. The molecule has 0 spiro atoms. The zero-order valence-corrected chi connectivity index (χ0v) is 12.6. The number of benzene rings is 1. The van der Waals surface area contributed by atoms with Gasteiger partial charge in [-0.15, -0.1) is 0 Å². The summed E-state index contributed by atoms with van der Waals surface area (Å²) < 4.78 is 13.6. The van der Waals surface area contributed by atoms with Crippen molar-refractivity contribution in [2.75, 3.05) is 5.33 Å². The molecule has 2 nitrogen and oxygen atoms in total. The zero-order chi connectivity index (χ0) is 12.8. The molecule has 0 aromatic heterocycles. The molecule has 0 aliphatic carbocycles. The number of halogens is 3. The Morgan fingerprint density at radius 1 is 1.53 bits per heavy atom. The van der Waals surface area contributed by atoms with E-state index in [4.69, 9.17) is 0 Å².